The number of nitrogens with zero attached hydrogens (tertiary/aromatic N) is 3. The van der Waals surface area contributed by atoms with E-state index in [2.05, 4.69) is 15.5 Å². The first-order chi connectivity index (χ1) is 9.19. The molecule has 0 saturated carbocycles. The van der Waals surface area contributed by atoms with Crippen LogP contribution in [0.25, 0.3) is 0 Å². The summed E-state index contributed by atoms with van der Waals surface area (Å²) >= 11 is 6.59. The minimum atomic E-state index is -0.401. The molecule has 0 radical (unpaired) electrons. The number of hydrogen-bond acceptors (Lipinski definition) is 6. The zero-order valence-electron chi connectivity index (χ0n) is 9.46. The summed E-state index contributed by atoms with van der Waals surface area (Å²) in [6.07, 6.45) is 0. The van der Waals surface area contributed by atoms with Crippen molar-refractivity contribution in [3.63, 3.8) is 0 Å². The van der Waals surface area contributed by atoms with Gasteiger partial charge in [-0.3, -0.25) is 4.79 Å². The normalized spacial score (nSPS) is 9.68. The minimum absolute atomic E-state index is 0.0522. The lowest BCUT2D eigenvalue weighted by Crippen LogP contribution is -2.11. The SMILES string of the molecule is N#CCOc1cccc(NC(=O)c2nnc(Cl)s2)c1. The van der Waals surface area contributed by atoms with Gasteiger partial charge in [-0.15, -0.1) is 10.2 Å². The Morgan fingerprint density at radius 3 is 3.05 bits per heavy atom. The van der Waals surface area contributed by atoms with Gasteiger partial charge < -0.3 is 10.1 Å². The van der Waals surface area contributed by atoms with Gasteiger partial charge in [-0.05, 0) is 23.7 Å². The summed E-state index contributed by atoms with van der Waals surface area (Å²) in [6.45, 7) is -0.0522. The molecular formula is C11H7ClN4O2S. The van der Waals surface area contributed by atoms with Crippen LogP contribution < -0.4 is 10.1 Å². The van der Waals surface area contributed by atoms with Crippen molar-refractivity contribution in [2.24, 2.45) is 0 Å². The number of carbonyl (C=O) groups is 1. The van der Waals surface area contributed by atoms with Crippen molar-refractivity contribution in [2.45, 2.75) is 0 Å². The highest BCUT2D eigenvalue weighted by molar-refractivity contribution is 7.17. The lowest BCUT2D eigenvalue weighted by molar-refractivity contribution is 0.102. The van der Waals surface area contributed by atoms with Crippen molar-refractivity contribution in [1.82, 2.24) is 10.2 Å². The van der Waals surface area contributed by atoms with Crippen LogP contribution in [-0.2, 0) is 0 Å². The van der Waals surface area contributed by atoms with Gasteiger partial charge in [0.2, 0.25) is 9.47 Å². The molecule has 19 heavy (non-hydrogen) atoms. The maximum atomic E-state index is 11.8. The molecule has 8 heteroatoms. The second-order valence-electron chi connectivity index (χ2n) is 3.29. The molecule has 0 aliphatic heterocycles. The molecule has 0 aliphatic carbocycles. The Kier molecular flexibility index (Phi) is 4.28. The molecule has 0 fully saturated rings. The van der Waals surface area contributed by atoms with E-state index in [-0.39, 0.29) is 16.1 Å². The predicted octanol–water partition coefficient (Wildman–Crippen LogP) is 2.35. The van der Waals surface area contributed by atoms with Gasteiger partial charge in [0.15, 0.2) is 6.61 Å². The summed E-state index contributed by atoms with van der Waals surface area (Å²) in [7, 11) is 0. The first-order valence-corrected chi connectivity index (χ1v) is 6.28. The molecule has 2 rings (SSSR count). The maximum Gasteiger partial charge on any atom is 0.286 e. The fraction of sp³-hybridized carbons (Fsp3) is 0.0909. The Morgan fingerprint density at radius 1 is 1.53 bits per heavy atom. The van der Waals surface area contributed by atoms with Crippen LogP contribution in [0.2, 0.25) is 4.47 Å². The predicted molar refractivity (Wildman–Crippen MR) is 70.4 cm³/mol. The fourth-order valence-corrected chi connectivity index (χ4v) is 1.98. The lowest BCUT2D eigenvalue weighted by atomic mass is 10.3. The van der Waals surface area contributed by atoms with Gasteiger partial charge in [-0.2, -0.15) is 5.26 Å². The average Bonchev–Trinajstić information content (AvgIpc) is 2.83. The molecule has 2 aromatic rings. The number of amides is 1. The molecule has 0 bridgehead atoms. The van der Waals surface area contributed by atoms with Gasteiger partial charge in [0, 0.05) is 11.8 Å². The van der Waals surface area contributed by atoms with Crippen molar-refractivity contribution in [1.29, 1.82) is 5.26 Å². The van der Waals surface area contributed by atoms with E-state index >= 15 is 0 Å². The fourth-order valence-electron chi connectivity index (χ4n) is 1.26. The van der Waals surface area contributed by atoms with E-state index in [1.165, 1.54) is 0 Å². The second-order valence-corrected chi connectivity index (χ2v) is 4.85. The van der Waals surface area contributed by atoms with Crippen LogP contribution in [0.4, 0.5) is 5.69 Å². The van der Waals surface area contributed by atoms with E-state index in [1.807, 2.05) is 6.07 Å². The van der Waals surface area contributed by atoms with E-state index in [1.54, 1.807) is 24.3 Å². The van der Waals surface area contributed by atoms with Crippen LogP contribution >= 0.6 is 22.9 Å². The topological polar surface area (TPSA) is 87.9 Å². The van der Waals surface area contributed by atoms with Crippen LogP contribution in [0.1, 0.15) is 9.80 Å². The minimum Gasteiger partial charge on any atom is -0.479 e. The molecule has 1 heterocycles. The third kappa shape index (κ3) is 3.64. The van der Waals surface area contributed by atoms with Crippen molar-refractivity contribution in [3.05, 3.63) is 33.7 Å². The van der Waals surface area contributed by atoms with E-state index < -0.39 is 5.91 Å². The molecule has 0 spiro atoms. The number of halogens is 1. The van der Waals surface area contributed by atoms with Crippen molar-refractivity contribution in [3.8, 4) is 11.8 Å². The number of hydrogen-bond donors (Lipinski definition) is 1. The number of aromatic nitrogens is 2. The molecule has 0 atom stereocenters. The van der Waals surface area contributed by atoms with Crippen LogP contribution in [0, 0.1) is 11.3 Å². The molecule has 0 aliphatic rings. The molecule has 1 aromatic heterocycles. The Hall–Kier alpha value is -2.17. The molecule has 1 amide bonds. The summed E-state index contributed by atoms with van der Waals surface area (Å²) in [4.78, 5) is 11.8. The summed E-state index contributed by atoms with van der Waals surface area (Å²) in [6, 6.07) is 8.56. The van der Waals surface area contributed by atoms with Crippen LogP contribution in [0.3, 0.4) is 0 Å². The number of nitriles is 1. The Labute approximate surface area is 117 Å². The lowest BCUT2D eigenvalue weighted by Gasteiger charge is -2.05. The van der Waals surface area contributed by atoms with Crippen molar-refractivity contribution < 1.29 is 9.53 Å². The van der Waals surface area contributed by atoms with Gasteiger partial charge in [-0.1, -0.05) is 17.4 Å². The number of carbonyl (C=O) groups excluding carboxylic acids is 1. The Balaban J connectivity index is 2.06. The molecule has 1 aromatic carbocycles. The van der Waals surface area contributed by atoms with Gasteiger partial charge in [0.25, 0.3) is 5.91 Å². The first kappa shape index (κ1) is 13.3. The number of rotatable bonds is 4. The monoisotopic (exact) mass is 294 g/mol. The van der Waals surface area contributed by atoms with Gasteiger partial charge in [-0.25, -0.2) is 0 Å². The summed E-state index contributed by atoms with van der Waals surface area (Å²) in [5, 5.41) is 18.4. The van der Waals surface area contributed by atoms with E-state index in [4.69, 9.17) is 21.6 Å². The zero-order chi connectivity index (χ0) is 13.7. The summed E-state index contributed by atoms with van der Waals surface area (Å²) < 4.78 is 5.33. The summed E-state index contributed by atoms with van der Waals surface area (Å²) in [5.74, 6) is 0.0940. The summed E-state index contributed by atoms with van der Waals surface area (Å²) in [5.41, 5.74) is 0.534. The van der Waals surface area contributed by atoms with Crippen LogP contribution in [-0.4, -0.2) is 22.7 Å². The quantitative estimate of drug-likeness (QED) is 0.935. The van der Waals surface area contributed by atoms with E-state index in [0.717, 1.165) is 11.3 Å². The van der Waals surface area contributed by atoms with Crippen molar-refractivity contribution >= 4 is 34.5 Å². The molecule has 0 saturated heterocycles. The second kappa shape index (κ2) is 6.13. The average molecular weight is 295 g/mol. The molecular weight excluding hydrogens is 288 g/mol. The highest BCUT2D eigenvalue weighted by Crippen LogP contribution is 2.20. The molecule has 0 unspecified atom stereocenters. The van der Waals surface area contributed by atoms with Gasteiger partial charge in [0.1, 0.15) is 11.8 Å². The van der Waals surface area contributed by atoms with E-state index in [9.17, 15) is 4.79 Å². The van der Waals surface area contributed by atoms with Crippen molar-refractivity contribution in [2.75, 3.05) is 11.9 Å². The standard InChI is InChI=1S/C11H7ClN4O2S/c12-11-16-15-10(19-11)9(17)14-7-2-1-3-8(6-7)18-5-4-13/h1-3,6H,5H2,(H,14,17). The largest absolute Gasteiger partial charge is 0.479 e. The third-order valence-corrected chi connectivity index (χ3v) is 3.01. The van der Waals surface area contributed by atoms with Gasteiger partial charge >= 0.3 is 0 Å². The third-order valence-electron chi connectivity index (χ3n) is 1.99. The Bertz CT molecular complexity index is 638. The highest BCUT2D eigenvalue weighted by atomic mass is 35.5. The van der Waals surface area contributed by atoms with E-state index in [0.29, 0.717) is 11.4 Å². The number of nitrogens with one attached hydrogen (secondary N) is 1. The maximum absolute atomic E-state index is 11.8. The highest BCUT2D eigenvalue weighted by Gasteiger charge is 2.12. The number of benzene rings is 1. The zero-order valence-corrected chi connectivity index (χ0v) is 11.0. The van der Waals surface area contributed by atoms with Crippen LogP contribution in [0.15, 0.2) is 24.3 Å². The first-order valence-electron chi connectivity index (χ1n) is 5.09. The molecule has 1 N–H and O–H groups in total. The smallest absolute Gasteiger partial charge is 0.286 e. The van der Waals surface area contributed by atoms with Gasteiger partial charge in [0.05, 0.1) is 0 Å². The van der Waals surface area contributed by atoms with Crippen LogP contribution in [0.5, 0.6) is 5.75 Å². The number of ether oxygens (including phenoxy) is 1. The molecule has 6 nitrogen and oxygen atoms in total. The Morgan fingerprint density at radius 2 is 2.37 bits per heavy atom. The molecule has 96 valence electrons. The number of anilines is 1.